The Morgan fingerprint density at radius 1 is 1.38 bits per heavy atom. The van der Waals surface area contributed by atoms with Gasteiger partial charge < -0.3 is 15.2 Å². The number of nitrogens with one attached hydrogen (secondary N) is 1. The van der Waals surface area contributed by atoms with E-state index in [1.54, 1.807) is 18.2 Å². The third kappa shape index (κ3) is 3.08. The molecule has 5 nitrogen and oxygen atoms in total. The second-order valence-electron chi connectivity index (χ2n) is 7.70. The number of phenols is 1. The van der Waals surface area contributed by atoms with Gasteiger partial charge >= 0.3 is 0 Å². The Hall–Kier alpha value is -2.74. The van der Waals surface area contributed by atoms with Crippen molar-refractivity contribution in [2.24, 2.45) is 5.41 Å². The highest BCUT2D eigenvalue weighted by atomic mass is 16.5. The van der Waals surface area contributed by atoms with Gasteiger partial charge in [-0.2, -0.15) is 5.26 Å². The lowest BCUT2D eigenvalue weighted by molar-refractivity contribution is -0.118. The lowest BCUT2D eigenvalue weighted by Gasteiger charge is -2.38. The van der Waals surface area contributed by atoms with E-state index in [0.717, 1.165) is 23.4 Å². The zero-order chi connectivity index (χ0) is 19.1. The molecule has 0 aromatic heterocycles. The number of rotatable bonds is 3. The summed E-state index contributed by atoms with van der Waals surface area (Å²) in [6, 6.07) is 7.32. The molecule has 0 radical (unpaired) electrons. The first kappa shape index (κ1) is 18.1. The molecule has 2 N–H and O–H groups in total. The number of nitrogens with zero attached hydrogens (tertiary/aromatic N) is 1. The molecule has 5 heteroatoms. The second-order valence-corrected chi connectivity index (χ2v) is 7.70. The van der Waals surface area contributed by atoms with Crippen LogP contribution in [-0.4, -0.2) is 17.5 Å². The van der Waals surface area contributed by atoms with Crippen LogP contribution >= 0.6 is 0 Å². The van der Waals surface area contributed by atoms with Gasteiger partial charge in [0.05, 0.1) is 24.2 Å². The fourth-order valence-electron chi connectivity index (χ4n) is 3.90. The predicted octanol–water partition coefficient (Wildman–Crippen LogP) is 3.92. The normalized spacial score (nSPS) is 21.8. The summed E-state index contributed by atoms with van der Waals surface area (Å²) in [7, 11) is 0. The summed E-state index contributed by atoms with van der Waals surface area (Å²) < 4.78 is 5.49. The molecule has 0 saturated heterocycles. The molecule has 0 bridgehead atoms. The molecule has 1 heterocycles. The third-order valence-corrected chi connectivity index (χ3v) is 4.98. The average molecular weight is 352 g/mol. The van der Waals surface area contributed by atoms with Gasteiger partial charge in [0.15, 0.2) is 17.3 Å². The molecule has 2 aliphatic rings. The maximum Gasteiger partial charge on any atom is 0.162 e. The lowest BCUT2D eigenvalue weighted by atomic mass is 9.69. The number of hydrogen-bond donors (Lipinski definition) is 2. The van der Waals surface area contributed by atoms with Crippen molar-refractivity contribution in [2.75, 3.05) is 6.61 Å². The highest BCUT2D eigenvalue weighted by molar-refractivity contribution is 6.00. The van der Waals surface area contributed by atoms with Gasteiger partial charge in [0.2, 0.25) is 0 Å². The molecule has 1 aliphatic heterocycles. The van der Waals surface area contributed by atoms with Crippen molar-refractivity contribution in [3.8, 4) is 17.6 Å². The highest BCUT2D eigenvalue weighted by Crippen LogP contribution is 2.47. The fraction of sp³-hybridized carbons (Fsp3) is 0.429. The third-order valence-electron chi connectivity index (χ3n) is 4.98. The number of dihydropyridines is 1. The van der Waals surface area contributed by atoms with Gasteiger partial charge in [-0.1, -0.05) is 19.9 Å². The van der Waals surface area contributed by atoms with Gasteiger partial charge in [-0.15, -0.1) is 0 Å². The number of allylic oxidation sites excluding steroid dienone is 4. The molecule has 0 spiro atoms. The number of aromatic hydroxyl groups is 1. The number of ketones is 1. The Labute approximate surface area is 154 Å². The first-order chi connectivity index (χ1) is 12.3. The van der Waals surface area contributed by atoms with Crippen LogP contribution in [0.2, 0.25) is 0 Å². The summed E-state index contributed by atoms with van der Waals surface area (Å²) in [5, 5.41) is 23.0. The van der Waals surface area contributed by atoms with Crippen molar-refractivity contribution < 1.29 is 14.6 Å². The van der Waals surface area contributed by atoms with E-state index < -0.39 is 5.92 Å². The molecule has 1 aromatic carbocycles. The van der Waals surface area contributed by atoms with Crippen LogP contribution in [0.25, 0.3) is 0 Å². The van der Waals surface area contributed by atoms with Gasteiger partial charge in [-0.05, 0) is 43.4 Å². The Kier molecular flexibility index (Phi) is 4.53. The molecule has 1 aromatic rings. The lowest BCUT2D eigenvalue weighted by Crippen LogP contribution is -2.36. The number of ether oxygens (including phenoxy) is 1. The van der Waals surface area contributed by atoms with E-state index in [1.807, 2.05) is 13.8 Å². The Morgan fingerprint density at radius 2 is 2.12 bits per heavy atom. The zero-order valence-electron chi connectivity index (χ0n) is 15.6. The maximum atomic E-state index is 13.0. The van der Waals surface area contributed by atoms with Crippen LogP contribution < -0.4 is 10.1 Å². The minimum absolute atomic E-state index is 0.0500. The topological polar surface area (TPSA) is 82.3 Å². The van der Waals surface area contributed by atoms with E-state index in [2.05, 4.69) is 25.2 Å². The molecular formula is C21H24N2O3. The molecule has 0 saturated carbocycles. The van der Waals surface area contributed by atoms with Crippen molar-refractivity contribution in [1.82, 2.24) is 5.32 Å². The summed E-state index contributed by atoms with van der Waals surface area (Å²) >= 11 is 0. The number of nitriles is 1. The zero-order valence-corrected chi connectivity index (χ0v) is 15.6. The number of benzene rings is 1. The SMILES string of the molecule is CCOc1cc([C@@H]2C(C#N)=C(C)NC3=C2C(=O)CC(C)(C)C3)ccc1O. The fourth-order valence-corrected chi connectivity index (χ4v) is 3.90. The maximum absolute atomic E-state index is 13.0. The van der Waals surface area contributed by atoms with E-state index in [9.17, 15) is 15.2 Å². The Morgan fingerprint density at radius 3 is 2.77 bits per heavy atom. The molecule has 0 unspecified atom stereocenters. The Balaban J connectivity index is 2.17. The first-order valence-electron chi connectivity index (χ1n) is 8.87. The number of carbonyl (C=O) groups is 1. The van der Waals surface area contributed by atoms with Crippen molar-refractivity contribution in [2.45, 2.75) is 46.5 Å². The smallest absolute Gasteiger partial charge is 0.162 e. The van der Waals surface area contributed by atoms with Crippen LogP contribution in [0.1, 0.15) is 52.0 Å². The standard InChI is InChI=1S/C21H24N2O3/c1-5-26-18-8-13(6-7-16(18)24)19-14(11-22)12(2)23-15-9-21(3,4)10-17(25)20(15)19/h6-8,19,23-24H,5,9-10H2,1-4H3/t19-/m1/s1. The van der Waals surface area contributed by atoms with E-state index in [-0.39, 0.29) is 16.9 Å². The summed E-state index contributed by atoms with van der Waals surface area (Å²) in [4.78, 5) is 13.0. The minimum atomic E-state index is -0.431. The van der Waals surface area contributed by atoms with Crippen molar-refractivity contribution in [3.63, 3.8) is 0 Å². The first-order valence-corrected chi connectivity index (χ1v) is 8.87. The average Bonchev–Trinajstić information content (AvgIpc) is 2.54. The van der Waals surface area contributed by atoms with Crippen LogP contribution in [0.4, 0.5) is 0 Å². The highest BCUT2D eigenvalue weighted by Gasteiger charge is 2.41. The quantitative estimate of drug-likeness (QED) is 0.861. The minimum Gasteiger partial charge on any atom is -0.504 e. The molecule has 0 fully saturated rings. The predicted molar refractivity (Wildman–Crippen MR) is 98.5 cm³/mol. The number of Topliss-reactive ketones (excluding diaryl/α,β-unsaturated/α-hetero) is 1. The second kappa shape index (κ2) is 6.53. The van der Waals surface area contributed by atoms with Crippen molar-refractivity contribution in [3.05, 3.63) is 46.3 Å². The molecular weight excluding hydrogens is 328 g/mol. The van der Waals surface area contributed by atoms with Gasteiger partial charge in [0.25, 0.3) is 0 Å². The summed E-state index contributed by atoms with van der Waals surface area (Å²) in [6.45, 7) is 8.29. The molecule has 136 valence electrons. The summed E-state index contributed by atoms with van der Waals surface area (Å²) in [5.41, 5.74) is 3.55. The van der Waals surface area contributed by atoms with Crippen LogP contribution in [0.5, 0.6) is 11.5 Å². The van der Waals surface area contributed by atoms with Crippen LogP contribution in [0.3, 0.4) is 0 Å². The van der Waals surface area contributed by atoms with Gasteiger partial charge in [-0.25, -0.2) is 0 Å². The molecule has 1 aliphatic carbocycles. The largest absolute Gasteiger partial charge is 0.504 e. The number of phenolic OH excluding ortho intramolecular Hbond substituents is 1. The van der Waals surface area contributed by atoms with E-state index in [1.165, 1.54) is 0 Å². The summed E-state index contributed by atoms with van der Waals surface area (Å²) in [6.07, 6.45) is 1.22. The molecule has 3 rings (SSSR count). The summed E-state index contributed by atoms with van der Waals surface area (Å²) in [5.74, 6) is 0.0537. The van der Waals surface area contributed by atoms with E-state index in [4.69, 9.17) is 4.74 Å². The van der Waals surface area contributed by atoms with Crippen LogP contribution in [-0.2, 0) is 4.79 Å². The van der Waals surface area contributed by atoms with Crippen LogP contribution in [0.15, 0.2) is 40.7 Å². The van der Waals surface area contributed by atoms with E-state index in [0.29, 0.717) is 29.9 Å². The molecule has 0 amide bonds. The monoisotopic (exact) mass is 352 g/mol. The Bertz CT molecular complexity index is 872. The molecule has 26 heavy (non-hydrogen) atoms. The van der Waals surface area contributed by atoms with Gasteiger partial charge in [-0.3, -0.25) is 4.79 Å². The van der Waals surface area contributed by atoms with Gasteiger partial charge in [0.1, 0.15) is 0 Å². The van der Waals surface area contributed by atoms with Crippen molar-refractivity contribution >= 4 is 5.78 Å². The van der Waals surface area contributed by atoms with Crippen molar-refractivity contribution in [1.29, 1.82) is 5.26 Å². The number of hydrogen-bond acceptors (Lipinski definition) is 5. The van der Waals surface area contributed by atoms with Gasteiger partial charge in [0, 0.05) is 23.4 Å². The van der Waals surface area contributed by atoms with E-state index >= 15 is 0 Å². The van der Waals surface area contributed by atoms with Crippen LogP contribution in [0, 0.1) is 16.7 Å². The molecule has 1 atom stereocenters. The number of carbonyl (C=O) groups excluding carboxylic acids is 1.